The van der Waals surface area contributed by atoms with Crippen LogP contribution < -0.4 is 5.09 Å². The summed E-state index contributed by atoms with van der Waals surface area (Å²) in [7, 11) is -0.0427. The van der Waals surface area contributed by atoms with Crippen molar-refractivity contribution in [2.24, 2.45) is 0 Å². The highest BCUT2D eigenvalue weighted by atomic mass is 32.2. The molecule has 3 rings (SSSR count). The molecule has 0 aliphatic carbocycles. The zero-order chi connectivity index (χ0) is 26.5. The van der Waals surface area contributed by atoms with Crippen LogP contribution in [0.25, 0.3) is 0 Å². The number of allylic oxidation sites excluding steroid dienone is 1. The number of benzene rings is 1. The largest absolute Gasteiger partial charge is 0.456 e. The van der Waals surface area contributed by atoms with E-state index in [-0.39, 0.29) is 31.2 Å². The van der Waals surface area contributed by atoms with E-state index < -0.39 is 36.0 Å². The van der Waals surface area contributed by atoms with E-state index in [2.05, 4.69) is 5.09 Å². The lowest BCUT2D eigenvalue weighted by molar-refractivity contribution is -0.384. The second-order valence-electron chi connectivity index (χ2n) is 8.00. The number of esters is 1. The third-order valence-corrected chi connectivity index (χ3v) is 8.27. The number of hydrogen-bond acceptors (Lipinski definition) is 10. The van der Waals surface area contributed by atoms with Crippen LogP contribution in [0.3, 0.4) is 0 Å². The van der Waals surface area contributed by atoms with Gasteiger partial charge in [0.2, 0.25) is 5.91 Å². The van der Waals surface area contributed by atoms with Gasteiger partial charge in [-0.3, -0.25) is 28.9 Å². The maximum atomic E-state index is 13.2. The van der Waals surface area contributed by atoms with Gasteiger partial charge in [0.05, 0.1) is 18.1 Å². The van der Waals surface area contributed by atoms with Crippen molar-refractivity contribution >= 4 is 37.1 Å². The van der Waals surface area contributed by atoms with Crippen LogP contribution in [0.15, 0.2) is 47.8 Å². The number of carbonyl (C=O) groups is 2. The number of β-lactam (4-membered cyclic amide) rings is 1. The average molecular weight is 541 g/mol. The molecule has 1 saturated heterocycles. The van der Waals surface area contributed by atoms with Crippen molar-refractivity contribution in [3.8, 4) is 0 Å². The molecule has 0 saturated carbocycles. The first-order valence-corrected chi connectivity index (χ1v) is 13.8. The third kappa shape index (κ3) is 6.34. The SMILES string of the molecule is CCOP(=O)(NC1C(=O)N2C(C(=O)OCc3ccc([N+](=O)[O-])cc3)=C(C=CN(C)C)CSC12)OCC. The van der Waals surface area contributed by atoms with Crippen LogP contribution in [0.5, 0.6) is 0 Å². The monoisotopic (exact) mass is 540 g/mol. The van der Waals surface area contributed by atoms with Crippen LogP contribution in [0.1, 0.15) is 19.4 Å². The van der Waals surface area contributed by atoms with Crippen LogP contribution in [-0.2, 0) is 34.5 Å². The lowest BCUT2D eigenvalue weighted by Crippen LogP contribution is -2.69. The fourth-order valence-electron chi connectivity index (χ4n) is 3.54. The Kier molecular flexibility index (Phi) is 9.31. The highest BCUT2D eigenvalue weighted by Crippen LogP contribution is 2.49. The zero-order valence-corrected chi connectivity index (χ0v) is 22.1. The minimum absolute atomic E-state index is 0.0721. The Balaban J connectivity index is 1.81. The van der Waals surface area contributed by atoms with E-state index in [0.717, 1.165) is 0 Å². The van der Waals surface area contributed by atoms with E-state index in [9.17, 15) is 24.3 Å². The van der Waals surface area contributed by atoms with Crippen molar-refractivity contribution in [2.45, 2.75) is 31.9 Å². The molecule has 2 aliphatic rings. The van der Waals surface area contributed by atoms with Crippen molar-refractivity contribution in [1.82, 2.24) is 14.9 Å². The lowest BCUT2D eigenvalue weighted by Gasteiger charge is -2.50. The van der Waals surface area contributed by atoms with Crippen LogP contribution in [0, 0.1) is 10.1 Å². The third-order valence-electron chi connectivity index (χ3n) is 5.18. The number of nitro benzene ring substituents is 1. The van der Waals surface area contributed by atoms with E-state index >= 15 is 0 Å². The second-order valence-corrected chi connectivity index (χ2v) is 10.9. The standard InChI is InChI=1S/C22H29N4O8PS/c1-5-33-35(31,34-6-2)23-18-20(27)25-19(16(11-12-24(3)4)14-36-21(18)25)22(28)32-13-15-7-9-17(10-8-15)26(29)30/h7-12,18,21H,5-6,13-14H2,1-4H3,(H,23,31). The molecule has 12 nitrogen and oxygen atoms in total. The quantitative estimate of drug-likeness (QED) is 0.137. The summed E-state index contributed by atoms with van der Waals surface area (Å²) in [6.07, 6.45) is 3.50. The first-order chi connectivity index (χ1) is 17.1. The molecular weight excluding hydrogens is 511 g/mol. The number of amides is 1. The predicted molar refractivity (Wildman–Crippen MR) is 134 cm³/mol. The molecule has 2 atom stereocenters. The minimum Gasteiger partial charge on any atom is -0.456 e. The maximum Gasteiger partial charge on any atom is 0.406 e. The van der Waals surface area contributed by atoms with E-state index in [0.29, 0.717) is 16.9 Å². The molecule has 0 bridgehead atoms. The molecule has 1 aromatic carbocycles. The van der Waals surface area contributed by atoms with Gasteiger partial charge >= 0.3 is 13.7 Å². The smallest absolute Gasteiger partial charge is 0.406 e. The topological polar surface area (TPSA) is 141 Å². The van der Waals surface area contributed by atoms with Gasteiger partial charge in [0.25, 0.3) is 5.69 Å². The van der Waals surface area contributed by atoms with E-state index in [1.807, 2.05) is 14.1 Å². The molecule has 14 heteroatoms. The summed E-state index contributed by atoms with van der Waals surface area (Å²) in [5.41, 5.74) is 1.19. The summed E-state index contributed by atoms with van der Waals surface area (Å²) in [4.78, 5) is 39.8. The molecule has 1 amide bonds. The van der Waals surface area contributed by atoms with E-state index in [1.165, 1.54) is 40.9 Å². The summed E-state index contributed by atoms with van der Waals surface area (Å²) in [6, 6.07) is 4.78. The molecule has 196 valence electrons. The highest BCUT2D eigenvalue weighted by Gasteiger charge is 2.55. The number of non-ortho nitro benzene ring substituents is 1. The van der Waals surface area contributed by atoms with Crippen LogP contribution >= 0.6 is 19.5 Å². The number of thioether (sulfide) groups is 1. The van der Waals surface area contributed by atoms with Crippen molar-refractivity contribution < 1.29 is 32.9 Å². The molecule has 0 radical (unpaired) electrons. The summed E-state index contributed by atoms with van der Waals surface area (Å²) in [5.74, 6) is -0.751. The Morgan fingerprint density at radius 2 is 1.92 bits per heavy atom. The number of fused-ring (bicyclic) bond motifs is 1. The van der Waals surface area contributed by atoms with Crippen LogP contribution in [0.4, 0.5) is 5.69 Å². The molecule has 36 heavy (non-hydrogen) atoms. The number of nitro groups is 1. The second kappa shape index (κ2) is 12.0. The Morgan fingerprint density at radius 3 is 2.47 bits per heavy atom. The molecule has 0 aromatic heterocycles. The first kappa shape index (κ1) is 27.9. The van der Waals surface area contributed by atoms with Gasteiger partial charge in [0.15, 0.2) is 0 Å². The molecule has 2 heterocycles. The molecular formula is C22H29N4O8PS. The molecule has 1 N–H and O–H groups in total. The Labute approximate surface area is 213 Å². The number of rotatable bonds is 12. The van der Waals surface area contributed by atoms with Crippen molar-refractivity contribution in [2.75, 3.05) is 33.1 Å². The normalized spacial score (nSPS) is 19.8. The fourth-order valence-corrected chi connectivity index (χ4v) is 6.45. The van der Waals surface area contributed by atoms with Crippen LogP contribution in [0.2, 0.25) is 0 Å². The fraction of sp³-hybridized carbons (Fsp3) is 0.455. The number of ether oxygens (including phenoxy) is 1. The van der Waals surface area contributed by atoms with Crippen molar-refractivity contribution in [3.63, 3.8) is 0 Å². The molecule has 1 aromatic rings. The Bertz CT molecular complexity index is 1100. The zero-order valence-electron chi connectivity index (χ0n) is 20.4. The van der Waals surface area contributed by atoms with Gasteiger partial charge in [-0.25, -0.2) is 14.4 Å². The summed E-state index contributed by atoms with van der Waals surface area (Å²) >= 11 is 1.41. The summed E-state index contributed by atoms with van der Waals surface area (Å²) < 4.78 is 28.9. The van der Waals surface area contributed by atoms with E-state index in [4.69, 9.17) is 13.8 Å². The van der Waals surface area contributed by atoms with Gasteiger partial charge < -0.3 is 9.64 Å². The lowest BCUT2D eigenvalue weighted by atomic mass is 10.0. The number of carbonyl (C=O) groups excluding carboxylic acids is 2. The van der Waals surface area contributed by atoms with Gasteiger partial charge in [0.1, 0.15) is 23.7 Å². The summed E-state index contributed by atoms with van der Waals surface area (Å²) in [6.45, 7) is 3.47. The van der Waals surface area contributed by atoms with Crippen LogP contribution in [-0.4, -0.2) is 71.1 Å². The van der Waals surface area contributed by atoms with Crippen molar-refractivity contribution in [1.29, 1.82) is 0 Å². The van der Waals surface area contributed by atoms with Gasteiger partial charge in [0, 0.05) is 32.0 Å². The van der Waals surface area contributed by atoms with Crippen molar-refractivity contribution in [3.05, 3.63) is 63.5 Å². The van der Waals surface area contributed by atoms with Gasteiger partial charge in [-0.1, -0.05) is 0 Å². The highest BCUT2D eigenvalue weighted by molar-refractivity contribution is 8.00. The molecule has 1 fully saturated rings. The predicted octanol–water partition coefficient (Wildman–Crippen LogP) is 3.02. The Morgan fingerprint density at radius 1 is 1.28 bits per heavy atom. The molecule has 2 aliphatic heterocycles. The summed E-state index contributed by atoms with van der Waals surface area (Å²) in [5, 5.41) is 13.1. The molecule has 0 spiro atoms. The minimum atomic E-state index is -3.70. The average Bonchev–Trinajstić information content (AvgIpc) is 2.84. The number of nitrogens with one attached hydrogen (secondary N) is 1. The number of nitrogens with zero attached hydrogens (tertiary/aromatic N) is 3. The molecule has 2 unspecified atom stereocenters. The van der Waals surface area contributed by atoms with Gasteiger partial charge in [-0.2, -0.15) is 0 Å². The van der Waals surface area contributed by atoms with Gasteiger partial charge in [-0.05, 0) is 49.4 Å². The Hall–Kier alpha value is -2.70. The number of hydrogen-bond donors (Lipinski definition) is 1. The maximum absolute atomic E-state index is 13.2. The van der Waals surface area contributed by atoms with E-state index in [1.54, 1.807) is 31.0 Å². The van der Waals surface area contributed by atoms with Gasteiger partial charge in [-0.15, -0.1) is 11.8 Å². The first-order valence-electron chi connectivity index (χ1n) is 11.2.